The molecule has 0 bridgehead atoms. The van der Waals surface area contributed by atoms with Gasteiger partial charge in [-0.2, -0.15) is 0 Å². The number of fused-ring (bicyclic) bond motifs is 1. The number of esters is 1. The first-order chi connectivity index (χ1) is 14.5. The third kappa shape index (κ3) is 3.63. The van der Waals surface area contributed by atoms with Gasteiger partial charge in [-0.25, -0.2) is 4.79 Å². The SMILES string of the molecule is COC(=O)c1c(O)c2ccccc2n(CC2CCN(c3ccccc3Cl)CC2)c1=O. The van der Waals surface area contributed by atoms with Gasteiger partial charge in [0.25, 0.3) is 5.56 Å². The van der Waals surface area contributed by atoms with Crippen LogP contribution in [-0.4, -0.2) is 35.8 Å². The molecule has 1 aromatic heterocycles. The average molecular weight is 427 g/mol. The molecule has 1 aliphatic heterocycles. The predicted molar refractivity (Wildman–Crippen MR) is 118 cm³/mol. The van der Waals surface area contributed by atoms with Crippen molar-refractivity contribution in [3.63, 3.8) is 0 Å². The molecule has 1 N–H and O–H groups in total. The normalized spacial score (nSPS) is 14.8. The lowest BCUT2D eigenvalue weighted by Crippen LogP contribution is -2.37. The molecule has 0 atom stereocenters. The van der Waals surface area contributed by atoms with E-state index in [0.29, 0.717) is 17.4 Å². The molecule has 3 aromatic rings. The van der Waals surface area contributed by atoms with Gasteiger partial charge >= 0.3 is 5.97 Å². The summed E-state index contributed by atoms with van der Waals surface area (Å²) < 4.78 is 6.33. The van der Waals surface area contributed by atoms with Gasteiger partial charge in [-0.3, -0.25) is 4.79 Å². The van der Waals surface area contributed by atoms with Gasteiger partial charge in [0.2, 0.25) is 0 Å². The number of nitrogens with zero attached hydrogens (tertiary/aromatic N) is 2. The van der Waals surface area contributed by atoms with Crippen molar-refractivity contribution >= 4 is 34.2 Å². The van der Waals surface area contributed by atoms with Gasteiger partial charge in [0.1, 0.15) is 5.75 Å². The van der Waals surface area contributed by atoms with Crippen LogP contribution in [0.5, 0.6) is 5.75 Å². The van der Waals surface area contributed by atoms with E-state index in [1.807, 2.05) is 30.3 Å². The fraction of sp³-hybridized carbons (Fsp3) is 0.304. The monoisotopic (exact) mass is 426 g/mol. The summed E-state index contributed by atoms with van der Waals surface area (Å²) in [5.41, 5.74) is 0.801. The Balaban J connectivity index is 1.63. The summed E-state index contributed by atoms with van der Waals surface area (Å²) in [6.07, 6.45) is 1.78. The number of halogens is 1. The number of aromatic nitrogens is 1. The lowest BCUT2D eigenvalue weighted by atomic mass is 9.95. The maximum Gasteiger partial charge on any atom is 0.347 e. The summed E-state index contributed by atoms with van der Waals surface area (Å²) in [6, 6.07) is 14.9. The molecular formula is C23H23ClN2O4. The summed E-state index contributed by atoms with van der Waals surface area (Å²) >= 11 is 6.33. The summed E-state index contributed by atoms with van der Waals surface area (Å²) in [4.78, 5) is 27.5. The van der Waals surface area contributed by atoms with E-state index in [2.05, 4.69) is 4.90 Å². The highest BCUT2D eigenvalue weighted by Crippen LogP contribution is 2.31. The lowest BCUT2D eigenvalue weighted by molar-refractivity contribution is 0.0594. The van der Waals surface area contributed by atoms with Crippen molar-refractivity contribution in [1.29, 1.82) is 0 Å². The van der Waals surface area contributed by atoms with Crippen molar-refractivity contribution in [2.75, 3.05) is 25.1 Å². The van der Waals surface area contributed by atoms with Gasteiger partial charge < -0.3 is 19.3 Å². The van der Waals surface area contributed by atoms with Crippen LogP contribution in [0.2, 0.25) is 5.02 Å². The fourth-order valence-electron chi connectivity index (χ4n) is 4.18. The second-order valence-electron chi connectivity index (χ2n) is 7.53. The van der Waals surface area contributed by atoms with Crippen molar-refractivity contribution in [1.82, 2.24) is 4.57 Å². The number of anilines is 1. The number of rotatable bonds is 4. The Morgan fingerprint density at radius 1 is 1.13 bits per heavy atom. The molecule has 1 aliphatic rings. The first kappa shape index (κ1) is 20.3. The maximum absolute atomic E-state index is 13.1. The van der Waals surface area contributed by atoms with E-state index in [1.54, 1.807) is 22.8 Å². The van der Waals surface area contributed by atoms with Crippen LogP contribution in [0.25, 0.3) is 10.9 Å². The van der Waals surface area contributed by atoms with E-state index in [1.165, 1.54) is 7.11 Å². The molecule has 1 fully saturated rings. The molecule has 30 heavy (non-hydrogen) atoms. The van der Waals surface area contributed by atoms with Crippen LogP contribution in [0.4, 0.5) is 5.69 Å². The van der Waals surface area contributed by atoms with Gasteiger partial charge in [-0.1, -0.05) is 35.9 Å². The minimum absolute atomic E-state index is 0.264. The third-order valence-corrected chi connectivity index (χ3v) is 6.10. The Labute approximate surface area is 179 Å². The molecule has 156 valence electrons. The number of pyridine rings is 1. The topological polar surface area (TPSA) is 71.8 Å². The van der Waals surface area contributed by atoms with Crippen LogP contribution in [0.15, 0.2) is 53.3 Å². The molecule has 2 aromatic carbocycles. The zero-order chi connectivity index (χ0) is 21.3. The second-order valence-corrected chi connectivity index (χ2v) is 7.94. The molecule has 0 radical (unpaired) electrons. The van der Waals surface area contributed by atoms with E-state index < -0.39 is 11.5 Å². The van der Waals surface area contributed by atoms with Crippen LogP contribution in [0.3, 0.4) is 0 Å². The number of piperidine rings is 1. The maximum atomic E-state index is 13.1. The van der Waals surface area contributed by atoms with Gasteiger partial charge in [0.05, 0.1) is 23.3 Å². The molecule has 4 rings (SSSR count). The van der Waals surface area contributed by atoms with Crippen LogP contribution in [0, 0.1) is 5.92 Å². The summed E-state index contributed by atoms with van der Waals surface area (Å²) in [6.45, 7) is 2.14. The first-order valence-electron chi connectivity index (χ1n) is 9.93. The Bertz CT molecular complexity index is 1150. The van der Waals surface area contributed by atoms with Crippen molar-refractivity contribution in [3.8, 4) is 5.75 Å². The van der Waals surface area contributed by atoms with Crippen LogP contribution in [-0.2, 0) is 11.3 Å². The Morgan fingerprint density at radius 3 is 2.50 bits per heavy atom. The molecule has 7 heteroatoms. The van der Waals surface area contributed by atoms with E-state index >= 15 is 0 Å². The molecule has 0 aliphatic carbocycles. The smallest absolute Gasteiger partial charge is 0.347 e. The van der Waals surface area contributed by atoms with Crippen LogP contribution >= 0.6 is 11.6 Å². The first-order valence-corrected chi connectivity index (χ1v) is 10.3. The molecule has 0 saturated carbocycles. The fourth-order valence-corrected chi connectivity index (χ4v) is 4.43. The number of aromatic hydroxyl groups is 1. The lowest BCUT2D eigenvalue weighted by Gasteiger charge is -2.34. The quantitative estimate of drug-likeness (QED) is 0.637. The second kappa shape index (κ2) is 8.40. The molecule has 0 amide bonds. The molecule has 0 spiro atoms. The summed E-state index contributed by atoms with van der Waals surface area (Å²) in [5, 5.41) is 11.7. The number of para-hydroxylation sites is 2. The van der Waals surface area contributed by atoms with Crippen molar-refractivity contribution < 1.29 is 14.6 Å². The van der Waals surface area contributed by atoms with Crippen LogP contribution < -0.4 is 10.5 Å². The number of carbonyl (C=O) groups is 1. The van der Waals surface area contributed by atoms with Gasteiger partial charge in [-0.05, 0) is 43.0 Å². The van der Waals surface area contributed by atoms with Gasteiger partial charge in [-0.15, -0.1) is 0 Å². The highest BCUT2D eigenvalue weighted by molar-refractivity contribution is 6.33. The van der Waals surface area contributed by atoms with E-state index in [9.17, 15) is 14.7 Å². The molecule has 0 unspecified atom stereocenters. The largest absolute Gasteiger partial charge is 0.506 e. The Morgan fingerprint density at radius 2 is 1.80 bits per heavy atom. The minimum atomic E-state index is -0.828. The number of carbonyl (C=O) groups excluding carboxylic acids is 1. The van der Waals surface area contributed by atoms with E-state index in [0.717, 1.165) is 36.6 Å². The average Bonchev–Trinajstić information content (AvgIpc) is 2.77. The van der Waals surface area contributed by atoms with Gasteiger partial charge in [0, 0.05) is 25.0 Å². The van der Waals surface area contributed by atoms with E-state index in [-0.39, 0.29) is 17.2 Å². The van der Waals surface area contributed by atoms with Crippen molar-refractivity contribution in [2.24, 2.45) is 5.92 Å². The molecule has 1 saturated heterocycles. The van der Waals surface area contributed by atoms with Crippen molar-refractivity contribution in [3.05, 3.63) is 69.5 Å². The Hall–Kier alpha value is -2.99. The molecular weight excluding hydrogens is 404 g/mol. The number of methoxy groups -OCH3 is 1. The van der Waals surface area contributed by atoms with Crippen LogP contribution in [0.1, 0.15) is 23.2 Å². The summed E-state index contributed by atoms with van der Waals surface area (Å²) in [5.74, 6) is -0.891. The van der Waals surface area contributed by atoms with Crippen molar-refractivity contribution in [2.45, 2.75) is 19.4 Å². The standard InChI is InChI=1S/C23H23ClN2O4/c1-30-23(29)20-21(27)16-6-2-4-8-18(16)26(22(20)28)14-15-10-12-25(13-11-15)19-9-5-3-7-17(19)24/h2-9,15,27H,10-14H2,1H3. The Kier molecular flexibility index (Phi) is 5.68. The highest BCUT2D eigenvalue weighted by atomic mass is 35.5. The number of hydrogen-bond acceptors (Lipinski definition) is 5. The number of hydrogen-bond donors (Lipinski definition) is 1. The number of benzene rings is 2. The minimum Gasteiger partial charge on any atom is -0.506 e. The summed E-state index contributed by atoms with van der Waals surface area (Å²) in [7, 11) is 1.20. The number of ether oxygens (including phenoxy) is 1. The molecule has 6 nitrogen and oxygen atoms in total. The zero-order valence-electron chi connectivity index (χ0n) is 16.7. The van der Waals surface area contributed by atoms with E-state index in [4.69, 9.17) is 16.3 Å². The van der Waals surface area contributed by atoms with Gasteiger partial charge in [0.15, 0.2) is 5.56 Å². The zero-order valence-corrected chi connectivity index (χ0v) is 17.4. The predicted octanol–water partition coefficient (Wildman–Crippen LogP) is 4.06. The highest BCUT2D eigenvalue weighted by Gasteiger charge is 2.26. The molecule has 2 heterocycles. The third-order valence-electron chi connectivity index (χ3n) is 5.78.